The first-order valence-corrected chi connectivity index (χ1v) is 7.59. The number of fused-ring (bicyclic) bond motifs is 1. The van der Waals surface area contributed by atoms with Gasteiger partial charge in [-0.1, -0.05) is 6.07 Å². The maximum atomic E-state index is 14.3. The summed E-state index contributed by atoms with van der Waals surface area (Å²) in [5.74, 6) is -0.767. The van der Waals surface area contributed by atoms with E-state index in [1.807, 2.05) is 0 Å². The van der Waals surface area contributed by atoms with E-state index < -0.39 is 35.8 Å². The molecule has 0 saturated carbocycles. The summed E-state index contributed by atoms with van der Waals surface area (Å²) >= 11 is 0. The predicted octanol–water partition coefficient (Wildman–Crippen LogP) is 2.69. The molecule has 10 heteroatoms. The second-order valence-electron chi connectivity index (χ2n) is 5.81. The van der Waals surface area contributed by atoms with E-state index in [2.05, 4.69) is 15.1 Å². The monoisotopic (exact) mass is 370 g/mol. The van der Waals surface area contributed by atoms with Crippen LogP contribution in [0.25, 0.3) is 11.0 Å². The molecule has 2 N–H and O–H groups in total. The molecule has 1 atom stereocenters. The topological polar surface area (TPSA) is 83.8 Å². The minimum Gasteiger partial charge on any atom is -0.390 e. The van der Waals surface area contributed by atoms with Crippen LogP contribution in [0.5, 0.6) is 0 Å². The summed E-state index contributed by atoms with van der Waals surface area (Å²) in [5.41, 5.74) is -1.50. The Morgan fingerprint density at radius 3 is 2.62 bits per heavy atom. The van der Waals surface area contributed by atoms with E-state index in [9.17, 15) is 27.5 Å². The van der Waals surface area contributed by atoms with Crippen LogP contribution < -0.4 is 5.56 Å². The SMILES string of the molecule is Cc1nc2c(c(CO)nn2C(C)c2ccc(C(F)(F)F)cc2F)c(=O)[nH]1. The van der Waals surface area contributed by atoms with E-state index in [4.69, 9.17) is 0 Å². The van der Waals surface area contributed by atoms with Crippen LogP contribution in [0.2, 0.25) is 0 Å². The highest BCUT2D eigenvalue weighted by molar-refractivity contribution is 5.77. The number of nitrogens with one attached hydrogen (secondary N) is 1. The fourth-order valence-electron chi connectivity index (χ4n) is 2.78. The summed E-state index contributed by atoms with van der Waals surface area (Å²) in [7, 11) is 0. The summed E-state index contributed by atoms with van der Waals surface area (Å²) in [6, 6.07) is 1.36. The van der Waals surface area contributed by atoms with Crippen LogP contribution in [0.3, 0.4) is 0 Å². The number of hydrogen-bond acceptors (Lipinski definition) is 4. The number of alkyl halides is 3. The number of aromatic amines is 1. The lowest BCUT2D eigenvalue weighted by Gasteiger charge is -2.16. The Morgan fingerprint density at radius 1 is 1.35 bits per heavy atom. The van der Waals surface area contributed by atoms with E-state index in [0.717, 1.165) is 12.1 Å². The number of benzene rings is 1. The zero-order chi connectivity index (χ0) is 19.2. The van der Waals surface area contributed by atoms with Crippen molar-refractivity contribution in [1.82, 2.24) is 19.7 Å². The molecule has 0 fully saturated rings. The summed E-state index contributed by atoms with van der Waals surface area (Å²) in [4.78, 5) is 18.8. The maximum Gasteiger partial charge on any atom is 0.416 e. The van der Waals surface area contributed by atoms with Crippen molar-refractivity contribution in [1.29, 1.82) is 0 Å². The van der Waals surface area contributed by atoms with Crippen LogP contribution in [0, 0.1) is 12.7 Å². The van der Waals surface area contributed by atoms with Crippen molar-refractivity contribution in [3.05, 3.63) is 57.0 Å². The minimum atomic E-state index is -4.66. The van der Waals surface area contributed by atoms with Crippen molar-refractivity contribution >= 4 is 11.0 Å². The van der Waals surface area contributed by atoms with E-state index in [1.165, 1.54) is 11.6 Å². The van der Waals surface area contributed by atoms with Crippen LogP contribution in [0.1, 0.15) is 35.6 Å². The average molecular weight is 370 g/mol. The number of aliphatic hydroxyl groups excluding tert-OH is 1. The highest BCUT2D eigenvalue weighted by Gasteiger charge is 2.32. The number of hydrogen-bond donors (Lipinski definition) is 2. The molecule has 0 bridgehead atoms. The molecule has 0 radical (unpaired) electrons. The Balaban J connectivity index is 2.17. The van der Waals surface area contributed by atoms with Crippen LogP contribution in [0.4, 0.5) is 17.6 Å². The Morgan fingerprint density at radius 2 is 2.04 bits per heavy atom. The molecule has 0 saturated heterocycles. The van der Waals surface area contributed by atoms with E-state index in [-0.39, 0.29) is 28.1 Å². The molecule has 3 rings (SSSR count). The second-order valence-corrected chi connectivity index (χ2v) is 5.81. The summed E-state index contributed by atoms with van der Waals surface area (Å²) < 4.78 is 53.6. The van der Waals surface area contributed by atoms with Gasteiger partial charge in [-0.2, -0.15) is 18.3 Å². The van der Waals surface area contributed by atoms with Crippen LogP contribution in [0.15, 0.2) is 23.0 Å². The van der Waals surface area contributed by atoms with Gasteiger partial charge in [-0.3, -0.25) is 4.79 Å². The van der Waals surface area contributed by atoms with Crippen molar-refractivity contribution < 1.29 is 22.7 Å². The number of rotatable bonds is 3. The summed E-state index contributed by atoms with van der Waals surface area (Å²) in [6.45, 7) is 2.51. The first-order valence-electron chi connectivity index (χ1n) is 7.59. The Labute approximate surface area is 144 Å². The van der Waals surface area contributed by atoms with Crippen molar-refractivity contribution in [3.8, 4) is 0 Å². The van der Waals surface area contributed by atoms with Crippen molar-refractivity contribution in [2.75, 3.05) is 0 Å². The van der Waals surface area contributed by atoms with E-state index >= 15 is 0 Å². The molecule has 26 heavy (non-hydrogen) atoms. The lowest BCUT2D eigenvalue weighted by atomic mass is 10.0. The lowest BCUT2D eigenvalue weighted by Crippen LogP contribution is -2.15. The maximum absolute atomic E-state index is 14.3. The number of nitrogens with zero attached hydrogens (tertiary/aromatic N) is 3. The van der Waals surface area contributed by atoms with Crippen molar-refractivity contribution in [2.45, 2.75) is 32.7 Å². The van der Waals surface area contributed by atoms with Gasteiger partial charge in [0.25, 0.3) is 5.56 Å². The van der Waals surface area contributed by atoms with Gasteiger partial charge in [-0.25, -0.2) is 14.1 Å². The fourth-order valence-corrected chi connectivity index (χ4v) is 2.78. The third kappa shape index (κ3) is 2.96. The lowest BCUT2D eigenvalue weighted by molar-refractivity contribution is -0.137. The van der Waals surface area contributed by atoms with Gasteiger partial charge in [-0.15, -0.1) is 0 Å². The zero-order valence-corrected chi connectivity index (χ0v) is 13.7. The number of aromatic nitrogens is 4. The largest absolute Gasteiger partial charge is 0.416 e. The molecule has 0 aliphatic carbocycles. The molecule has 0 aliphatic rings. The van der Waals surface area contributed by atoms with Gasteiger partial charge in [0.15, 0.2) is 5.65 Å². The molecule has 1 aromatic carbocycles. The molecule has 3 aromatic rings. The van der Waals surface area contributed by atoms with Gasteiger partial charge in [0.1, 0.15) is 22.7 Å². The highest BCUT2D eigenvalue weighted by atomic mass is 19.4. The van der Waals surface area contributed by atoms with Crippen LogP contribution in [-0.2, 0) is 12.8 Å². The molecular formula is C16H14F4N4O2. The molecule has 1 unspecified atom stereocenters. The smallest absolute Gasteiger partial charge is 0.390 e. The predicted molar refractivity (Wildman–Crippen MR) is 84.0 cm³/mol. The Hall–Kier alpha value is -2.75. The van der Waals surface area contributed by atoms with Crippen LogP contribution in [-0.4, -0.2) is 24.9 Å². The standard InChI is InChI=1S/C16H14F4N4O2/c1-7(10-4-3-9(5-11(10)17)16(18,19)20)24-14-13(12(6-25)23-24)15(26)22-8(2)21-14/h3-5,7,25H,6H2,1-2H3,(H,21,22,26). The third-order valence-corrected chi connectivity index (χ3v) is 4.05. The molecule has 0 aliphatic heterocycles. The first-order chi connectivity index (χ1) is 12.1. The van der Waals surface area contributed by atoms with Gasteiger partial charge in [0.05, 0.1) is 18.2 Å². The molecule has 138 valence electrons. The van der Waals surface area contributed by atoms with Gasteiger partial charge in [0, 0.05) is 5.56 Å². The number of H-pyrrole nitrogens is 1. The Bertz CT molecular complexity index is 1040. The molecule has 0 amide bonds. The minimum absolute atomic E-state index is 0.0490. The number of aliphatic hydroxyl groups is 1. The molecule has 6 nitrogen and oxygen atoms in total. The van der Waals surface area contributed by atoms with Gasteiger partial charge in [-0.05, 0) is 26.0 Å². The number of aryl methyl sites for hydroxylation is 1. The zero-order valence-electron chi connectivity index (χ0n) is 13.7. The van der Waals surface area contributed by atoms with Gasteiger partial charge in [0.2, 0.25) is 0 Å². The Kier molecular flexibility index (Phi) is 4.31. The molecule has 0 spiro atoms. The van der Waals surface area contributed by atoms with Crippen LogP contribution >= 0.6 is 0 Å². The van der Waals surface area contributed by atoms with Crippen molar-refractivity contribution in [3.63, 3.8) is 0 Å². The van der Waals surface area contributed by atoms with Crippen molar-refractivity contribution in [2.24, 2.45) is 0 Å². The third-order valence-electron chi connectivity index (χ3n) is 4.05. The highest BCUT2D eigenvalue weighted by Crippen LogP contribution is 2.32. The molecule has 2 aromatic heterocycles. The normalized spacial score (nSPS) is 13.3. The van der Waals surface area contributed by atoms with Gasteiger partial charge < -0.3 is 10.1 Å². The molecule has 2 heterocycles. The quantitative estimate of drug-likeness (QED) is 0.695. The molecular weight excluding hydrogens is 356 g/mol. The average Bonchev–Trinajstić information content (AvgIpc) is 2.92. The number of halogens is 4. The van der Waals surface area contributed by atoms with Gasteiger partial charge >= 0.3 is 6.18 Å². The first kappa shape index (κ1) is 18.1. The summed E-state index contributed by atoms with van der Waals surface area (Å²) in [6.07, 6.45) is -4.66. The van der Waals surface area contributed by atoms with E-state index in [1.54, 1.807) is 6.92 Å². The fraction of sp³-hybridized carbons (Fsp3) is 0.312. The second kappa shape index (κ2) is 6.20. The summed E-state index contributed by atoms with van der Waals surface area (Å²) in [5, 5.41) is 13.6. The van der Waals surface area contributed by atoms with E-state index in [0.29, 0.717) is 6.07 Å².